The van der Waals surface area contributed by atoms with Gasteiger partial charge in [0.2, 0.25) is 5.95 Å². The van der Waals surface area contributed by atoms with Gasteiger partial charge in [0.1, 0.15) is 5.82 Å². The van der Waals surface area contributed by atoms with Crippen LogP contribution in [-0.2, 0) is 11.0 Å². The van der Waals surface area contributed by atoms with Gasteiger partial charge >= 0.3 is 0 Å². The molecule has 3 heterocycles. The molecule has 5 N–H and O–H groups in total. The summed E-state index contributed by atoms with van der Waals surface area (Å²) in [5, 5.41) is 24.7. The number of primary amides is 1. The van der Waals surface area contributed by atoms with Gasteiger partial charge in [0.05, 0.1) is 11.2 Å². The minimum atomic E-state index is -1.23. The Hall–Kier alpha value is -4.16. The lowest BCUT2D eigenvalue weighted by Gasteiger charge is -2.40. The molecule has 2 amide bonds. The first-order valence-corrected chi connectivity index (χ1v) is 16.6. The van der Waals surface area contributed by atoms with Crippen LogP contribution in [0.25, 0.3) is 0 Å². The van der Waals surface area contributed by atoms with Gasteiger partial charge < -0.3 is 31.3 Å². The van der Waals surface area contributed by atoms with Crippen LogP contribution in [0.1, 0.15) is 98.2 Å². The van der Waals surface area contributed by atoms with Crippen molar-refractivity contribution in [1.29, 1.82) is 0 Å². The second kappa shape index (κ2) is 12.8. The normalized spacial score (nSPS) is 21.7. The molecule has 2 aromatic carbocycles. The summed E-state index contributed by atoms with van der Waals surface area (Å²) < 4.78 is 14.9. The predicted octanol–water partition coefficient (Wildman–Crippen LogP) is 4.38. The zero-order valence-electron chi connectivity index (χ0n) is 27.6. The molecule has 2 aliphatic heterocycles. The molecular formula is C35H45FN8O3. The van der Waals surface area contributed by atoms with Crippen LogP contribution in [0.15, 0.2) is 42.5 Å². The molecule has 0 radical (unpaired) electrons. The molecule has 3 fully saturated rings. The zero-order valence-corrected chi connectivity index (χ0v) is 27.6. The maximum Gasteiger partial charge on any atom is 0.273 e. The molecule has 2 saturated heterocycles. The van der Waals surface area contributed by atoms with E-state index in [2.05, 4.69) is 49.8 Å². The number of hydrogen-bond acceptors (Lipinski definition) is 9. The molecule has 250 valence electrons. The standard InChI is InChI=1S/C35H45FN8O3/c1-21-28(39-32(46)26-14-9-23(20-27(26)36)34(2,3)47)6-5-17-44(21)33-40-31(29(30(37)45)41-42-33)38-24-10-7-22(8-11-24)35(4)15-18-43(19-16-35)25-12-13-25/h7-11,14,20-21,25,28,47H,5-6,12-13,15-19H2,1-4H3,(H2,37,45)(H,39,46)(H,38,40,42)/t21-,28-/m1/s1. The molecule has 0 unspecified atom stereocenters. The first kappa shape index (κ1) is 32.8. The highest BCUT2D eigenvalue weighted by atomic mass is 19.1. The summed E-state index contributed by atoms with van der Waals surface area (Å²) in [5.74, 6) is -1.50. The average molecular weight is 645 g/mol. The minimum Gasteiger partial charge on any atom is -0.386 e. The van der Waals surface area contributed by atoms with E-state index < -0.39 is 23.2 Å². The van der Waals surface area contributed by atoms with Crippen LogP contribution in [0.4, 0.5) is 21.8 Å². The first-order valence-electron chi connectivity index (χ1n) is 16.6. The molecule has 1 aliphatic carbocycles. The lowest BCUT2D eigenvalue weighted by Crippen LogP contribution is -2.54. The Morgan fingerprint density at radius 2 is 1.74 bits per heavy atom. The largest absolute Gasteiger partial charge is 0.386 e. The number of halogens is 1. The molecule has 0 spiro atoms. The van der Waals surface area contributed by atoms with Crippen LogP contribution < -0.4 is 21.3 Å². The van der Waals surface area contributed by atoms with Crippen LogP contribution in [0, 0.1) is 5.82 Å². The number of nitrogens with zero attached hydrogens (tertiary/aromatic N) is 5. The number of benzene rings is 2. The Kier molecular flexibility index (Phi) is 8.92. The number of aliphatic hydroxyl groups is 1. The van der Waals surface area contributed by atoms with Crippen molar-refractivity contribution in [2.75, 3.05) is 29.9 Å². The third-order valence-corrected chi connectivity index (χ3v) is 10.2. The highest BCUT2D eigenvalue weighted by Crippen LogP contribution is 2.39. The van der Waals surface area contributed by atoms with Crippen molar-refractivity contribution in [1.82, 2.24) is 25.4 Å². The summed E-state index contributed by atoms with van der Waals surface area (Å²) in [5.41, 5.74) is 6.79. The average Bonchev–Trinajstić information content (AvgIpc) is 3.88. The topological polar surface area (TPSA) is 150 Å². The number of rotatable bonds is 9. The molecule has 47 heavy (non-hydrogen) atoms. The second-order valence-electron chi connectivity index (χ2n) is 14.1. The van der Waals surface area contributed by atoms with Crippen molar-refractivity contribution in [2.24, 2.45) is 5.73 Å². The Bertz CT molecular complexity index is 1630. The van der Waals surface area contributed by atoms with Gasteiger partial charge in [0.25, 0.3) is 11.8 Å². The molecule has 3 aliphatic rings. The number of carbonyl (C=O) groups excluding carboxylic acids is 2. The number of hydrogen-bond donors (Lipinski definition) is 4. The van der Waals surface area contributed by atoms with Crippen LogP contribution >= 0.6 is 0 Å². The zero-order chi connectivity index (χ0) is 33.5. The number of carbonyl (C=O) groups is 2. The molecule has 0 bridgehead atoms. The van der Waals surface area contributed by atoms with Crippen molar-refractivity contribution in [3.05, 3.63) is 70.7 Å². The van der Waals surface area contributed by atoms with Crippen molar-refractivity contribution in [2.45, 2.75) is 95.4 Å². The lowest BCUT2D eigenvalue weighted by molar-refractivity contribution is 0.0779. The van der Waals surface area contributed by atoms with E-state index in [1.165, 1.54) is 30.5 Å². The van der Waals surface area contributed by atoms with Gasteiger partial charge in [0.15, 0.2) is 11.5 Å². The highest BCUT2D eigenvalue weighted by molar-refractivity contribution is 5.96. The Morgan fingerprint density at radius 1 is 1.04 bits per heavy atom. The highest BCUT2D eigenvalue weighted by Gasteiger charge is 2.37. The number of anilines is 3. The van der Waals surface area contributed by atoms with E-state index in [0.717, 1.165) is 44.1 Å². The molecule has 1 saturated carbocycles. The number of likely N-dealkylation sites (tertiary alicyclic amines) is 1. The third-order valence-electron chi connectivity index (χ3n) is 10.2. The fourth-order valence-corrected chi connectivity index (χ4v) is 6.84. The molecule has 6 rings (SSSR count). The van der Waals surface area contributed by atoms with E-state index in [4.69, 9.17) is 5.73 Å². The summed E-state index contributed by atoms with van der Waals surface area (Å²) in [6.45, 7) is 10.3. The fourth-order valence-electron chi connectivity index (χ4n) is 6.84. The fraction of sp³-hybridized carbons (Fsp3) is 0.514. The van der Waals surface area contributed by atoms with E-state index in [9.17, 15) is 19.1 Å². The molecule has 11 nitrogen and oxygen atoms in total. The summed E-state index contributed by atoms with van der Waals surface area (Å²) in [6.07, 6.45) is 6.31. The summed E-state index contributed by atoms with van der Waals surface area (Å²) >= 11 is 0. The van der Waals surface area contributed by atoms with E-state index in [1.807, 2.05) is 24.0 Å². The van der Waals surface area contributed by atoms with Crippen LogP contribution in [-0.4, -0.2) is 74.8 Å². The van der Waals surface area contributed by atoms with Gasteiger partial charge in [-0.05, 0) is 113 Å². The van der Waals surface area contributed by atoms with E-state index >= 15 is 0 Å². The molecule has 12 heteroatoms. The van der Waals surface area contributed by atoms with Crippen molar-refractivity contribution < 1.29 is 19.1 Å². The van der Waals surface area contributed by atoms with E-state index in [-0.39, 0.29) is 40.5 Å². The van der Waals surface area contributed by atoms with Crippen molar-refractivity contribution in [3.63, 3.8) is 0 Å². The molecule has 2 atom stereocenters. The summed E-state index contributed by atoms with van der Waals surface area (Å²) in [6, 6.07) is 12.6. The van der Waals surface area contributed by atoms with Gasteiger partial charge in [-0.3, -0.25) is 9.59 Å². The third kappa shape index (κ3) is 7.08. The lowest BCUT2D eigenvalue weighted by atomic mass is 9.74. The Labute approximate surface area is 275 Å². The quantitative estimate of drug-likeness (QED) is 0.266. The van der Waals surface area contributed by atoms with Crippen LogP contribution in [0.5, 0.6) is 0 Å². The maximum atomic E-state index is 14.9. The SMILES string of the molecule is C[C@@H]1[C@H](NC(=O)c2ccc(C(C)(C)O)cc2F)CCCN1c1nnc(C(N)=O)c(Nc2ccc(C3(C)CCN(C4CC4)CC3)cc2)n1. The number of nitrogens with two attached hydrogens (primary N) is 1. The van der Waals surface area contributed by atoms with Gasteiger partial charge in [-0.1, -0.05) is 25.1 Å². The number of aromatic nitrogens is 3. The number of nitrogens with one attached hydrogen (secondary N) is 2. The monoisotopic (exact) mass is 644 g/mol. The second-order valence-corrected chi connectivity index (χ2v) is 14.1. The Balaban J connectivity index is 1.15. The number of amides is 2. The summed E-state index contributed by atoms with van der Waals surface area (Å²) in [7, 11) is 0. The van der Waals surface area contributed by atoms with E-state index in [0.29, 0.717) is 18.5 Å². The van der Waals surface area contributed by atoms with Gasteiger partial charge in [0, 0.05) is 30.4 Å². The molecule has 1 aromatic heterocycles. The molecule has 3 aromatic rings. The van der Waals surface area contributed by atoms with Gasteiger partial charge in [-0.25, -0.2) is 4.39 Å². The smallest absolute Gasteiger partial charge is 0.273 e. The van der Waals surface area contributed by atoms with Gasteiger partial charge in [-0.15, -0.1) is 10.2 Å². The van der Waals surface area contributed by atoms with E-state index in [1.54, 1.807) is 19.9 Å². The number of piperidine rings is 2. The maximum absolute atomic E-state index is 14.9. The Morgan fingerprint density at radius 3 is 2.36 bits per heavy atom. The van der Waals surface area contributed by atoms with Crippen molar-refractivity contribution in [3.8, 4) is 0 Å². The minimum absolute atomic E-state index is 0.0725. The van der Waals surface area contributed by atoms with Crippen LogP contribution in [0.3, 0.4) is 0 Å². The van der Waals surface area contributed by atoms with Crippen molar-refractivity contribution >= 4 is 29.3 Å². The van der Waals surface area contributed by atoms with Gasteiger partial charge in [-0.2, -0.15) is 4.98 Å². The van der Waals surface area contributed by atoms with Crippen LogP contribution in [0.2, 0.25) is 0 Å². The first-order chi connectivity index (χ1) is 22.3. The summed E-state index contributed by atoms with van der Waals surface area (Å²) in [4.78, 5) is 34.6. The predicted molar refractivity (Wildman–Crippen MR) is 178 cm³/mol. The molecular weight excluding hydrogens is 599 g/mol.